The Morgan fingerprint density at radius 2 is 1.15 bits per heavy atom. The lowest BCUT2D eigenvalue weighted by molar-refractivity contribution is 0.501. The largest absolute Gasteiger partial charge is 0.233 e. The SMILES string of the molecule is S=C=NCCCCCC(CCCCCN=C=S)N=C=S. The quantitative estimate of drug-likeness (QED) is 0.277. The molecule has 0 bridgehead atoms. The first-order valence-corrected chi connectivity index (χ1v) is 8.22. The van der Waals surface area contributed by atoms with Gasteiger partial charge in [-0.05, 0) is 62.3 Å². The van der Waals surface area contributed by atoms with E-state index in [1.54, 1.807) is 0 Å². The second-order valence-electron chi connectivity index (χ2n) is 4.52. The molecule has 0 aliphatic heterocycles. The molecule has 0 aromatic heterocycles. The van der Waals surface area contributed by atoms with E-state index in [0.29, 0.717) is 6.04 Å². The van der Waals surface area contributed by atoms with Gasteiger partial charge in [0.05, 0.1) is 21.5 Å². The molecular weight excluding hydrogens is 306 g/mol. The van der Waals surface area contributed by atoms with E-state index in [4.69, 9.17) is 12.2 Å². The summed E-state index contributed by atoms with van der Waals surface area (Å²) in [5, 5.41) is 7.28. The number of thiocarbonyl (C=S) groups is 3. The van der Waals surface area contributed by atoms with Gasteiger partial charge in [0.25, 0.3) is 0 Å². The van der Waals surface area contributed by atoms with Crippen molar-refractivity contribution in [1.29, 1.82) is 0 Å². The lowest BCUT2D eigenvalue weighted by atomic mass is 10.0. The van der Waals surface area contributed by atoms with Gasteiger partial charge in [-0.15, -0.1) is 0 Å². The average molecular weight is 328 g/mol. The van der Waals surface area contributed by atoms with Crippen molar-refractivity contribution in [3.63, 3.8) is 0 Å². The Morgan fingerprint density at radius 3 is 1.55 bits per heavy atom. The fraction of sp³-hybridized carbons (Fsp3) is 0.786. The van der Waals surface area contributed by atoms with Crippen molar-refractivity contribution in [1.82, 2.24) is 0 Å². The van der Waals surface area contributed by atoms with Crippen molar-refractivity contribution in [2.24, 2.45) is 15.0 Å². The van der Waals surface area contributed by atoms with Gasteiger partial charge in [-0.2, -0.15) is 0 Å². The lowest BCUT2D eigenvalue weighted by Crippen LogP contribution is -2.04. The Morgan fingerprint density at radius 1 is 0.650 bits per heavy atom. The van der Waals surface area contributed by atoms with Crippen LogP contribution in [0, 0.1) is 0 Å². The maximum atomic E-state index is 4.71. The maximum Gasteiger partial charge on any atom is 0.0602 e. The molecule has 0 saturated heterocycles. The van der Waals surface area contributed by atoms with Crippen LogP contribution in [-0.2, 0) is 0 Å². The number of unbranched alkanes of at least 4 members (excludes halogenated alkanes) is 4. The maximum absolute atomic E-state index is 4.71. The van der Waals surface area contributed by atoms with Crippen LogP contribution in [0.1, 0.15) is 51.4 Å². The fourth-order valence-corrected chi connectivity index (χ4v) is 2.27. The van der Waals surface area contributed by atoms with Crippen LogP contribution in [0.25, 0.3) is 0 Å². The Labute approximate surface area is 137 Å². The van der Waals surface area contributed by atoms with Gasteiger partial charge in [-0.3, -0.25) is 0 Å². The van der Waals surface area contributed by atoms with Crippen LogP contribution in [0.3, 0.4) is 0 Å². The molecule has 0 aromatic carbocycles. The van der Waals surface area contributed by atoms with Crippen molar-refractivity contribution < 1.29 is 0 Å². The van der Waals surface area contributed by atoms with E-state index >= 15 is 0 Å². The monoisotopic (exact) mass is 327 g/mol. The molecule has 0 N–H and O–H groups in total. The zero-order chi connectivity index (χ0) is 14.9. The molecule has 110 valence electrons. The molecule has 0 spiro atoms. The second-order valence-corrected chi connectivity index (χ2v) is 5.07. The van der Waals surface area contributed by atoms with Gasteiger partial charge in [0.1, 0.15) is 0 Å². The van der Waals surface area contributed by atoms with E-state index < -0.39 is 0 Å². The first-order chi connectivity index (χ1) is 9.85. The predicted octanol–water partition coefficient (Wildman–Crippen LogP) is 4.78. The van der Waals surface area contributed by atoms with E-state index in [1.165, 1.54) is 0 Å². The molecule has 6 heteroatoms. The van der Waals surface area contributed by atoms with Gasteiger partial charge in [0.15, 0.2) is 0 Å². The Bertz CT molecular complexity index is 351. The summed E-state index contributed by atoms with van der Waals surface area (Å²) in [5.41, 5.74) is 0. The van der Waals surface area contributed by atoms with Crippen LogP contribution in [-0.4, -0.2) is 34.6 Å². The van der Waals surface area contributed by atoms with Crippen LogP contribution in [0.2, 0.25) is 0 Å². The minimum atomic E-state index is 0.315. The zero-order valence-electron chi connectivity index (χ0n) is 11.7. The van der Waals surface area contributed by atoms with E-state index in [-0.39, 0.29) is 0 Å². The molecule has 0 amide bonds. The zero-order valence-corrected chi connectivity index (χ0v) is 14.2. The molecule has 0 atom stereocenters. The van der Waals surface area contributed by atoms with Crippen LogP contribution in [0.4, 0.5) is 0 Å². The highest BCUT2D eigenvalue weighted by molar-refractivity contribution is 7.78. The summed E-state index contributed by atoms with van der Waals surface area (Å²) in [5.74, 6) is 0. The number of hydrogen-bond acceptors (Lipinski definition) is 6. The summed E-state index contributed by atoms with van der Waals surface area (Å²) >= 11 is 13.8. The minimum absolute atomic E-state index is 0.315. The van der Waals surface area contributed by atoms with E-state index in [1.807, 2.05) is 0 Å². The number of isothiocyanates is 3. The first kappa shape index (κ1) is 19.4. The number of aliphatic imine (C=N–C) groups is 3. The summed E-state index contributed by atoms with van der Waals surface area (Å²) in [7, 11) is 0. The molecule has 0 aliphatic rings. The van der Waals surface area contributed by atoms with Crippen molar-refractivity contribution in [2.45, 2.75) is 57.4 Å². The predicted molar refractivity (Wildman–Crippen MR) is 95.5 cm³/mol. The van der Waals surface area contributed by atoms with E-state index in [9.17, 15) is 0 Å². The minimum Gasteiger partial charge on any atom is -0.233 e. The highest BCUT2D eigenvalue weighted by Gasteiger charge is 2.05. The Kier molecular flexibility index (Phi) is 16.0. The number of hydrogen-bond donors (Lipinski definition) is 0. The summed E-state index contributed by atoms with van der Waals surface area (Å²) in [6.45, 7) is 1.57. The first-order valence-electron chi connectivity index (χ1n) is 6.99. The van der Waals surface area contributed by atoms with Gasteiger partial charge in [-0.1, -0.05) is 25.7 Å². The summed E-state index contributed by atoms with van der Waals surface area (Å²) < 4.78 is 0. The van der Waals surface area contributed by atoms with Gasteiger partial charge < -0.3 is 0 Å². The molecule has 0 saturated carbocycles. The van der Waals surface area contributed by atoms with Crippen molar-refractivity contribution >= 4 is 52.1 Å². The van der Waals surface area contributed by atoms with Gasteiger partial charge in [0.2, 0.25) is 0 Å². The van der Waals surface area contributed by atoms with Gasteiger partial charge >= 0.3 is 0 Å². The van der Waals surface area contributed by atoms with Crippen LogP contribution in [0.5, 0.6) is 0 Å². The Balaban J connectivity index is 3.67. The summed E-state index contributed by atoms with van der Waals surface area (Å²) in [4.78, 5) is 12.1. The van der Waals surface area contributed by atoms with Crippen LogP contribution >= 0.6 is 36.7 Å². The van der Waals surface area contributed by atoms with E-state index in [2.05, 4.69) is 54.9 Å². The van der Waals surface area contributed by atoms with Crippen molar-refractivity contribution in [2.75, 3.05) is 13.1 Å². The normalized spacial score (nSPS) is 10.8. The van der Waals surface area contributed by atoms with Crippen molar-refractivity contribution in [3.05, 3.63) is 0 Å². The number of rotatable bonds is 13. The fourth-order valence-electron chi connectivity index (χ4n) is 1.93. The third-order valence-corrected chi connectivity index (χ3v) is 3.34. The highest BCUT2D eigenvalue weighted by atomic mass is 32.1. The molecule has 0 heterocycles. The smallest absolute Gasteiger partial charge is 0.0602 e. The van der Waals surface area contributed by atoms with E-state index in [0.717, 1.165) is 64.5 Å². The molecule has 20 heavy (non-hydrogen) atoms. The molecule has 3 nitrogen and oxygen atoms in total. The van der Waals surface area contributed by atoms with Gasteiger partial charge in [0, 0.05) is 13.1 Å². The standard InChI is InChI=1S/C14H21N3S3/c18-11-15-9-5-1-3-7-14(17-13-20)8-4-2-6-10-16-12-19/h14H,1-10H2. The topological polar surface area (TPSA) is 37.1 Å². The van der Waals surface area contributed by atoms with Crippen LogP contribution < -0.4 is 0 Å². The average Bonchev–Trinajstić information content (AvgIpc) is 2.46. The molecule has 0 rings (SSSR count). The second kappa shape index (κ2) is 16.5. The molecule has 0 unspecified atom stereocenters. The number of nitrogens with zero attached hydrogens (tertiary/aromatic N) is 3. The molecule has 0 aliphatic carbocycles. The highest BCUT2D eigenvalue weighted by Crippen LogP contribution is 2.14. The summed E-state index contributed by atoms with van der Waals surface area (Å²) in [6, 6.07) is 0.315. The summed E-state index contributed by atoms with van der Waals surface area (Å²) in [6.07, 6.45) is 8.86. The third-order valence-electron chi connectivity index (χ3n) is 2.98. The molecular formula is C14H21N3S3. The molecule has 0 radical (unpaired) electrons. The molecule has 0 fully saturated rings. The van der Waals surface area contributed by atoms with Gasteiger partial charge in [-0.25, -0.2) is 15.0 Å². The lowest BCUT2D eigenvalue weighted by Gasteiger charge is -2.10. The Hall–Kier alpha value is -0.600. The van der Waals surface area contributed by atoms with Crippen molar-refractivity contribution in [3.8, 4) is 0 Å². The third kappa shape index (κ3) is 13.8. The molecule has 0 aromatic rings. The van der Waals surface area contributed by atoms with Crippen LogP contribution in [0.15, 0.2) is 15.0 Å².